The second-order valence-electron chi connectivity index (χ2n) is 21.1. The van der Waals surface area contributed by atoms with Gasteiger partial charge >= 0.3 is 11.9 Å². The Kier molecular flexibility index (Phi) is 61.4. The number of ether oxygens (including phenoxy) is 2. The minimum Gasteiger partial charge on any atom is -0.462 e. The van der Waals surface area contributed by atoms with Crippen molar-refractivity contribution in [2.45, 2.75) is 315 Å². The summed E-state index contributed by atoms with van der Waals surface area (Å²) in [6.07, 6.45) is 91.2. The number of unbranched alkanes of at least 4 members (excludes halogenated alkanes) is 34. The zero-order chi connectivity index (χ0) is 53.4. The molecule has 0 aliphatic rings. The first-order valence-electron chi connectivity index (χ1n) is 31.8. The molecule has 0 spiro atoms. The molecule has 5 heteroatoms. The van der Waals surface area contributed by atoms with Gasteiger partial charge < -0.3 is 14.6 Å². The van der Waals surface area contributed by atoms with Crippen LogP contribution in [-0.2, 0) is 19.1 Å². The van der Waals surface area contributed by atoms with Crippen molar-refractivity contribution in [2.24, 2.45) is 0 Å². The first kappa shape index (κ1) is 70.8. The Bertz CT molecular complexity index is 1400. The minimum atomic E-state index is -0.778. The molecule has 0 saturated heterocycles. The predicted octanol–water partition coefficient (Wildman–Crippen LogP) is 21.9. The molecular formula is C69H120O5. The number of aliphatic hydroxyl groups is 1. The van der Waals surface area contributed by atoms with Crippen molar-refractivity contribution in [3.8, 4) is 0 Å². The lowest BCUT2D eigenvalue weighted by Gasteiger charge is -2.15. The van der Waals surface area contributed by atoms with E-state index in [1.54, 1.807) is 0 Å². The number of aliphatic hydroxyl groups excluding tert-OH is 1. The fourth-order valence-corrected chi connectivity index (χ4v) is 9.12. The summed E-state index contributed by atoms with van der Waals surface area (Å²) in [5.74, 6) is -0.586. The van der Waals surface area contributed by atoms with Gasteiger partial charge in [0.15, 0.2) is 6.10 Å². The van der Waals surface area contributed by atoms with Crippen molar-refractivity contribution in [2.75, 3.05) is 13.2 Å². The van der Waals surface area contributed by atoms with E-state index in [1.165, 1.54) is 199 Å². The summed E-state index contributed by atoms with van der Waals surface area (Å²) >= 11 is 0. The van der Waals surface area contributed by atoms with E-state index in [2.05, 4.69) is 111 Å². The predicted molar refractivity (Wildman–Crippen MR) is 325 cm³/mol. The van der Waals surface area contributed by atoms with E-state index in [1.807, 2.05) is 0 Å². The van der Waals surface area contributed by atoms with Crippen LogP contribution in [0.25, 0.3) is 0 Å². The summed E-state index contributed by atoms with van der Waals surface area (Å²) < 4.78 is 10.7. The normalized spacial score (nSPS) is 12.9. The minimum absolute atomic E-state index is 0.0686. The quantitative estimate of drug-likeness (QED) is 0.0373. The topological polar surface area (TPSA) is 72.8 Å². The van der Waals surface area contributed by atoms with E-state index in [0.717, 1.165) is 83.5 Å². The van der Waals surface area contributed by atoms with Gasteiger partial charge in [0.1, 0.15) is 6.61 Å². The van der Waals surface area contributed by atoms with Crippen molar-refractivity contribution in [3.05, 3.63) is 97.2 Å². The van der Waals surface area contributed by atoms with Crippen LogP contribution >= 0.6 is 0 Å². The van der Waals surface area contributed by atoms with Gasteiger partial charge in [0, 0.05) is 12.8 Å². The van der Waals surface area contributed by atoms with E-state index >= 15 is 0 Å². The summed E-state index contributed by atoms with van der Waals surface area (Å²) in [4.78, 5) is 24.6. The van der Waals surface area contributed by atoms with Crippen LogP contribution in [0.15, 0.2) is 97.2 Å². The standard InChI is InChI=1S/C69H120O5/c1-3-5-7-9-11-13-15-17-19-21-23-25-27-29-30-31-32-33-34-35-36-37-38-40-42-44-46-48-50-52-54-56-58-60-62-64-69(72)74-67(65-70)66-73-68(71)63-61-59-57-55-53-51-49-47-45-43-41-39-28-26-24-22-20-18-16-14-12-10-8-6-4-2/h5,7,11,13,16-19,22-25,28-30,39,67,70H,3-4,6,8-10,12,14-15,20-21,26-27,31-38,40-66H2,1-2H3/b7-5-,13-11-,18-16-,19-17-,24-22-,25-23-,30-29-,39-28-. The fourth-order valence-electron chi connectivity index (χ4n) is 9.12. The van der Waals surface area contributed by atoms with E-state index < -0.39 is 6.10 Å². The molecule has 0 amide bonds. The molecule has 1 atom stereocenters. The number of esters is 2. The smallest absolute Gasteiger partial charge is 0.306 e. The molecule has 1 N–H and O–H groups in total. The number of allylic oxidation sites excluding steroid dienone is 16. The van der Waals surface area contributed by atoms with E-state index in [0.29, 0.717) is 12.8 Å². The third-order valence-corrected chi connectivity index (χ3v) is 13.9. The van der Waals surface area contributed by atoms with Gasteiger partial charge in [-0.3, -0.25) is 9.59 Å². The summed E-state index contributed by atoms with van der Waals surface area (Å²) in [5, 5.41) is 9.68. The molecule has 0 aromatic rings. The molecular weight excluding hydrogens is 909 g/mol. The first-order chi connectivity index (χ1) is 36.6. The van der Waals surface area contributed by atoms with Gasteiger partial charge in [-0.2, -0.15) is 0 Å². The third kappa shape index (κ3) is 61.4. The molecule has 0 bridgehead atoms. The van der Waals surface area contributed by atoms with Gasteiger partial charge in [-0.15, -0.1) is 0 Å². The maximum atomic E-state index is 12.3. The van der Waals surface area contributed by atoms with E-state index in [9.17, 15) is 14.7 Å². The Hall–Kier alpha value is -3.18. The third-order valence-electron chi connectivity index (χ3n) is 13.9. The lowest BCUT2D eigenvalue weighted by atomic mass is 10.0. The summed E-state index contributed by atoms with van der Waals surface area (Å²) in [6.45, 7) is 4.04. The van der Waals surface area contributed by atoms with Crippen LogP contribution in [0.3, 0.4) is 0 Å². The first-order valence-corrected chi connectivity index (χ1v) is 31.8. The zero-order valence-corrected chi connectivity index (χ0v) is 48.8. The average molecular weight is 1030 g/mol. The summed E-state index contributed by atoms with van der Waals surface area (Å²) in [5.41, 5.74) is 0. The summed E-state index contributed by atoms with van der Waals surface area (Å²) in [6, 6.07) is 0. The maximum Gasteiger partial charge on any atom is 0.306 e. The molecule has 0 rings (SSSR count). The van der Waals surface area contributed by atoms with Crippen LogP contribution in [-0.4, -0.2) is 36.4 Å². The van der Waals surface area contributed by atoms with E-state index in [-0.39, 0.29) is 25.2 Å². The van der Waals surface area contributed by atoms with Crippen molar-refractivity contribution in [3.63, 3.8) is 0 Å². The second kappa shape index (κ2) is 64.1. The molecule has 74 heavy (non-hydrogen) atoms. The van der Waals surface area contributed by atoms with Gasteiger partial charge in [-0.1, -0.05) is 297 Å². The van der Waals surface area contributed by atoms with E-state index in [4.69, 9.17) is 9.47 Å². The molecule has 0 saturated carbocycles. The number of rotatable bonds is 58. The van der Waals surface area contributed by atoms with Crippen LogP contribution in [0.4, 0.5) is 0 Å². The fraction of sp³-hybridized carbons (Fsp3) is 0.739. The van der Waals surface area contributed by atoms with Crippen molar-refractivity contribution in [1.82, 2.24) is 0 Å². The molecule has 5 nitrogen and oxygen atoms in total. The van der Waals surface area contributed by atoms with Crippen LogP contribution in [0.5, 0.6) is 0 Å². The number of carbonyl (C=O) groups excluding carboxylic acids is 2. The zero-order valence-electron chi connectivity index (χ0n) is 48.8. The Balaban J connectivity index is 3.46. The Morgan fingerprint density at radius 2 is 0.581 bits per heavy atom. The average Bonchev–Trinajstić information content (AvgIpc) is 3.40. The van der Waals surface area contributed by atoms with Gasteiger partial charge in [0.05, 0.1) is 6.61 Å². The van der Waals surface area contributed by atoms with Gasteiger partial charge in [0.2, 0.25) is 0 Å². The summed E-state index contributed by atoms with van der Waals surface area (Å²) in [7, 11) is 0. The lowest BCUT2D eigenvalue weighted by Crippen LogP contribution is -2.28. The van der Waals surface area contributed by atoms with Crippen LogP contribution in [0.1, 0.15) is 309 Å². The molecule has 0 fully saturated rings. The number of hydrogen-bond acceptors (Lipinski definition) is 5. The molecule has 1 unspecified atom stereocenters. The van der Waals surface area contributed by atoms with Crippen LogP contribution in [0, 0.1) is 0 Å². The lowest BCUT2D eigenvalue weighted by molar-refractivity contribution is -0.161. The number of carbonyl (C=O) groups is 2. The highest BCUT2D eigenvalue weighted by Crippen LogP contribution is 2.17. The highest BCUT2D eigenvalue weighted by Gasteiger charge is 2.16. The van der Waals surface area contributed by atoms with Gasteiger partial charge in [0.25, 0.3) is 0 Å². The van der Waals surface area contributed by atoms with Crippen LogP contribution < -0.4 is 0 Å². The molecule has 0 heterocycles. The second-order valence-corrected chi connectivity index (χ2v) is 21.1. The Labute approximate surface area is 459 Å². The largest absolute Gasteiger partial charge is 0.462 e. The van der Waals surface area contributed by atoms with Gasteiger partial charge in [-0.25, -0.2) is 0 Å². The SMILES string of the molecule is CC/C=C\C/C=C\C/C=C\C/C=C\C/C=C\CCCCCCCCCCCCCCCCCCCCCC(=O)OC(CO)COC(=O)CCCCCCCCCCCC/C=C\C/C=C\C/C=C\CCCCCCC. The Morgan fingerprint density at radius 3 is 0.878 bits per heavy atom. The highest BCUT2D eigenvalue weighted by molar-refractivity contribution is 5.70. The Morgan fingerprint density at radius 1 is 0.324 bits per heavy atom. The molecule has 426 valence electrons. The van der Waals surface area contributed by atoms with Crippen molar-refractivity contribution < 1.29 is 24.2 Å². The highest BCUT2D eigenvalue weighted by atomic mass is 16.6. The van der Waals surface area contributed by atoms with Crippen LogP contribution in [0.2, 0.25) is 0 Å². The van der Waals surface area contributed by atoms with Crippen molar-refractivity contribution >= 4 is 11.9 Å². The molecule has 0 aliphatic heterocycles. The number of hydrogen-bond donors (Lipinski definition) is 1. The molecule has 0 radical (unpaired) electrons. The van der Waals surface area contributed by atoms with Crippen molar-refractivity contribution in [1.29, 1.82) is 0 Å². The van der Waals surface area contributed by atoms with Gasteiger partial charge in [-0.05, 0) is 96.3 Å². The molecule has 0 aromatic heterocycles. The monoisotopic (exact) mass is 1030 g/mol. The molecule has 0 aliphatic carbocycles. The molecule has 0 aromatic carbocycles. The maximum absolute atomic E-state index is 12.3.